The van der Waals surface area contributed by atoms with E-state index in [2.05, 4.69) is 6.92 Å². The maximum Gasteiger partial charge on any atom is 0.249 e. The Morgan fingerprint density at radius 3 is 1.86 bits per heavy atom. The van der Waals surface area contributed by atoms with Gasteiger partial charge < -0.3 is 11.5 Å². The molecule has 73 valence electrons. The van der Waals surface area contributed by atoms with Crippen LogP contribution in [0.15, 0.2) is 18.2 Å². The van der Waals surface area contributed by atoms with Crippen molar-refractivity contribution in [2.24, 2.45) is 11.5 Å². The number of benzene rings is 1. The highest BCUT2D eigenvalue weighted by molar-refractivity contribution is 6.01. The van der Waals surface area contributed by atoms with Gasteiger partial charge in [-0.1, -0.05) is 6.07 Å². The van der Waals surface area contributed by atoms with Crippen LogP contribution in [0.1, 0.15) is 26.3 Å². The lowest BCUT2D eigenvalue weighted by molar-refractivity contribution is 0.0999. The Bertz CT molecular complexity index is 353. The van der Waals surface area contributed by atoms with Crippen LogP contribution in [0.4, 0.5) is 0 Å². The van der Waals surface area contributed by atoms with Crippen molar-refractivity contribution in [2.75, 3.05) is 0 Å². The summed E-state index contributed by atoms with van der Waals surface area (Å²) in [5.41, 5.74) is 11.4. The highest BCUT2D eigenvalue weighted by Crippen LogP contribution is 2.14. The molecule has 2 amide bonds. The Hall–Kier alpha value is -1.84. The summed E-state index contributed by atoms with van der Waals surface area (Å²) in [6.07, 6.45) is 0.303. The monoisotopic (exact) mass is 191 g/mol. The Labute approximate surface area is 81.9 Å². The second-order valence-corrected chi connectivity index (χ2v) is 2.81. The molecule has 0 saturated heterocycles. The first kappa shape index (κ1) is 10.2. The third kappa shape index (κ3) is 1.74. The highest BCUT2D eigenvalue weighted by atomic mass is 16.1. The summed E-state index contributed by atoms with van der Waals surface area (Å²) >= 11 is 0. The number of nitrogens with two attached hydrogens (primary N) is 2. The van der Waals surface area contributed by atoms with Crippen molar-refractivity contribution < 1.29 is 9.59 Å². The molecule has 0 aromatic heterocycles. The van der Waals surface area contributed by atoms with Crippen molar-refractivity contribution in [2.45, 2.75) is 6.42 Å². The zero-order valence-electron chi connectivity index (χ0n) is 7.62. The number of rotatable bonds is 3. The van der Waals surface area contributed by atoms with E-state index in [0.717, 1.165) is 0 Å². The van der Waals surface area contributed by atoms with Gasteiger partial charge in [0.25, 0.3) is 0 Å². The molecule has 0 fully saturated rings. The fourth-order valence-electron chi connectivity index (χ4n) is 1.32. The number of carbonyl (C=O) groups is 2. The Morgan fingerprint density at radius 2 is 1.57 bits per heavy atom. The smallest absolute Gasteiger partial charge is 0.249 e. The predicted molar refractivity (Wildman–Crippen MR) is 52.5 cm³/mol. The van der Waals surface area contributed by atoms with Crippen LogP contribution in [0.3, 0.4) is 0 Å². The van der Waals surface area contributed by atoms with Crippen LogP contribution in [-0.2, 0) is 6.42 Å². The van der Waals surface area contributed by atoms with Crippen LogP contribution in [-0.4, -0.2) is 11.8 Å². The molecule has 4 nitrogen and oxygen atoms in total. The van der Waals surface area contributed by atoms with Crippen LogP contribution in [0.25, 0.3) is 0 Å². The third-order valence-corrected chi connectivity index (χ3v) is 1.96. The molecule has 1 rings (SSSR count). The number of hydrogen-bond donors (Lipinski definition) is 2. The topological polar surface area (TPSA) is 86.2 Å². The third-order valence-electron chi connectivity index (χ3n) is 1.96. The predicted octanol–water partition coefficient (Wildman–Crippen LogP) is 0.261. The molecule has 0 spiro atoms. The lowest BCUT2D eigenvalue weighted by Crippen LogP contribution is -2.19. The van der Waals surface area contributed by atoms with Crippen molar-refractivity contribution in [1.82, 2.24) is 0 Å². The van der Waals surface area contributed by atoms with Crippen molar-refractivity contribution in [3.05, 3.63) is 41.8 Å². The minimum Gasteiger partial charge on any atom is -0.366 e. The molecular weight excluding hydrogens is 180 g/mol. The van der Waals surface area contributed by atoms with Crippen LogP contribution in [0.2, 0.25) is 0 Å². The summed E-state index contributed by atoms with van der Waals surface area (Å²) in [7, 11) is 0. The summed E-state index contributed by atoms with van der Waals surface area (Å²) in [6, 6.07) is 4.67. The van der Waals surface area contributed by atoms with E-state index < -0.39 is 11.8 Å². The average Bonchev–Trinajstić information content (AvgIpc) is 2.16. The first-order chi connectivity index (χ1) is 6.57. The summed E-state index contributed by atoms with van der Waals surface area (Å²) in [6.45, 7) is 3.63. The minimum atomic E-state index is -0.577. The van der Waals surface area contributed by atoms with E-state index in [1.165, 1.54) is 0 Å². The van der Waals surface area contributed by atoms with Gasteiger partial charge in [0, 0.05) is 11.1 Å². The summed E-state index contributed by atoms with van der Waals surface area (Å²) in [4.78, 5) is 22.0. The zero-order chi connectivity index (χ0) is 10.7. The number of carbonyl (C=O) groups excluding carboxylic acids is 2. The van der Waals surface area contributed by atoms with E-state index >= 15 is 0 Å². The van der Waals surface area contributed by atoms with Gasteiger partial charge in [0.1, 0.15) is 0 Å². The normalized spacial score (nSPS) is 9.79. The summed E-state index contributed by atoms with van der Waals surface area (Å²) in [5.74, 6) is -1.15. The molecule has 14 heavy (non-hydrogen) atoms. The molecule has 0 atom stereocenters. The molecule has 4 heteroatoms. The van der Waals surface area contributed by atoms with Crippen LogP contribution < -0.4 is 11.5 Å². The fourth-order valence-corrected chi connectivity index (χ4v) is 1.32. The van der Waals surface area contributed by atoms with Gasteiger partial charge in [-0.05, 0) is 31.0 Å². The van der Waals surface area contributed by atoms with E-state index in [1.54, 1.807) is 18.2 Å². The summed E-state index contributed by atoms with van der Waals surface area (Å²) < 4.78 is 0. The van der Waals surface area contributed by atoms with E-state index in [9.17, 15) is 9.59 Å². The van der Waals surface area contributed by atoms with Gasteiger partial charge in [0.15, 0.2) is 0 Å². The Balaban J connectivity index is 3.39. The van der Waals surface area contributed by atoms with Crippen LogP contribution in [0, 0.1) is 6.92 Å². The molecule has 0 aliphatic carbocycles. The molecule has 1 aromatic carbocycles. The van der Waals surface area contributed by atoms with Gasteiger partial charge in [-0.3, -0.25) is 9.59 Å². The molecular formula is C10H11N2O2. The van der Waals surface area contributed by atoms with Crippen LogP contribution in [0.5, 0.6) is 0 Å². The highest BCUT2D eigenvalue weighted by Gasteiger charge is 2.13. The van der Waals surface area contributed by atoms with Gasteiger partial charge in [-0.2, -0.15) is 0 Å². The summed E-state index contributed by atoms with van der Waals surface area (Å²) in [5, 5.41) is 0. The zero-order valence-corrected chi connectivity index (χ0v) is 7.62. The second kappa shape index (κ2) is 3.91. The minimum absolute atomic E-state index is 0.302. The lowest BCUT2D eigenvalue weighted by atomic mass is 9.98. The molecule has 0 aliphatic heterocycles. The van der Waals surface area contributed by atoms with E-state index in [0.29, 0.717) is 23.1 Å². The maximum atomic E-state index is 11.0. The van der Waals surface area contributed by atoms with Gasteiger partial charge in [-0.25, -0.2) is 0 Å². The second-order valence-electron chi connectivity index (χ2n) is 2.81. The van der Waals surface area contributed by atoms with Gasteiger partial charge in [0.05, 0.1) is 0 Å². The molecule has 4 N–H and O–H groups in total. The van der Waals surface area contributed by atoms with Gasteiger partial charge >= 0.3 is 0 Å². The molecule has 1 radical (unpaired) electrons. The maximum absolute atomic E-state index is 11.0. The number of hydrogen-bond acceptors (Lipinski definition) is 2. The molecule has 0 bridgehead atoms. The average molecular weight is 191 g/mol. The quantitative estimate of drug-likeness (QED) is 0.718. The Morgan fingerprint density at radius 1 is 1.14 bits per heavy atom. The lowest BCUT2D eigenvalue weighted by Gasteiger charge is -2.07. The first-order valence-electron chi connectivity index (χ1n) is 4.08. The van der Waals surface area contributed by atoms with E-state index in [1.807, 2.05) is 0 Å². The van der Waals surface area contributed by atoms with Crippen LogP contribution >= 0.6 is 0 Å². The largest absolute Gasteiger partial charge is 0.366 e. The SMILES string of the molecule is [CH2]Cc1c(C(N)=O)cccc1C(N)=O. The van der Waals surface area contributed by atoms with Crippen molar-refractivity contribution in [3.8, 4) is 0 Å². The first-order valence-corrected chi connectivity index (χ1v) is 4.08. The molecule has 0 aliphatic rings. The molecule has 0 heterocycles. The van der Waals surface area contributed by atoms with Crippen molar-refractivity contribution in [1.29, 1.82) is 0 Å². The van der Waals surface area contributed by atoms with E-state index in [-0.39, 0.29) is 0 Å². The van der Waals surface area contributed by atoms with Gasteiger partial charge in [-0.15, -0.1) is 0 Å². The Kier molecular flexibility index (Phi) is 2.86. The number of primary amides is 2. The fraction of sp³-hybridized carbons (Fsp3) is 0.100. The standard InChI is InChI=1S/C10H11N2O2/c1-2-6-7(9(11)13)4-3-5-8(6)10(12)14/h3-5H,1-2H2,(H2,11,13)(H2,12,14). The van der Waals surface area contributed by atoms with Crippen molar-refractivity contribution >= 4 is 11.8 Å². The van der Waals surface area contributed by atoms with E-state index in [4.69, 9.17) is 11.5 Å². The molecule has 1 aromatic rings. The van der Waals surface area contributed by atoms with Gasteiger partial charge in [0.2, 0.25) is 11.8 Å². The number of amides is 2. The molecule has 0 saturated carbocycles. The molecule has 0 unspecified atom stereocenters. The van der Waals surface area contributed by atoms with Crippen molar-refractivity contribution in [3.63, 3.8) is 0 Å².